The van der Waals surface area contributed by atoms with Gasteiger partial charge in [0.2, 0.25) is 0 Å². The number of carbonyl (C=O) groups is 1. The molecule has 3 aliphatic rings. The fourth-order valence-corrected chi connectivity index (χ4v) is 3.47. The molecular weight excluding hydrogens is 230 g/mol. The zero-order valence-electron chi connectivity index (χ0n) is 10.8. The van der Waals surface area contributed by atoms with E-state index in [0.29, 0.717) is 6.04 Å². The van der Waals surface area contributed by atoms with Crippen LogP contribution in [-0.4, -0.2) is 65.3 Å². The average molecular weight is 253 g/mol. The highest BCUT2D eigenvalue weighted by atomic mass is 16.4. The van der Waals surface area contributed by atoms with Crippen molar-refractivity contribution in [2.45, 2.75) is 50.2 Å². The number of nitrogens with one attached hydrogen (secondary N) is 1. The molecule has 0 bridgehead atoms. The molecule has 0 aromatic heterocycles. The molecular formula is C13H23N3O2. The number of amides is 1. The minimum Gasteiger partial charge on any atom is -0.465 e. The second-order valence-electron chi connectivity index (χ2n) is 5.93. The summed E-state index contributed by atoms with van der Waals surface area (Å²) in [4.78, 5) is 15.8. The van der Waals surface area contributed by atoms with Gasteiger partial charge in [0.1, 0.15) is 0 Å². The molecule has 1 saturated carbocycles. The van der Waals surface area contributed by atoms with Gasteiger partial charge in [-0.2, -0.15) is 0 Å². The van der Waals surface area contributed by atoms with Gasteiger partial charge in [-0.25, -0.2) is 4.79 Å². The molecule has 3 fully saturated rings. The number of nitrogens with zero attached hydrogens (tertiary/aromatic N) is 2. The largest absolute Gasteiger partial charge is 0.465 e. The Kier molecular flexibility index (Phi) is 3.43. The van der Waals surface area contributed by atoms with Gasteiger partial charge in [0.05, 0.1) is 0 Å². The minimum absolute atomic E-state index is 0.143. The SMILES string of the molecule is O=C(O)N[C@H]1CCN(C2CCN(C3CC3)CC2)C1. The van der Waals surface area contributed by atoms with E-state index < -0.39 is 6.09 Å². The highest BCUT2D eigenvalue weighted by Gasteiger charge is 2.35. The molecule has 0 spiro atoms. The number of carboxylic acid groups (broad SMARTS) is 1. The predicted molar refractivity (Wildman–Crippen MR) is 68.8 cm³/mol. The van der Waals surface area contributed by atoms with Crippen molar-refractivity contribution in [1.29, 1.82) is 0 Å². The highest BCUT2D eigenvalue weighted by molar-refractivity contribution is 5.64. The molecule has 1 atom stereocenters. The summed E-state index contributed by atoms with van der Waals surface area (Å²) in [5.74, 6) is 0. The van der Waals surface area contributed by atoms with Crippen LogP contribution in [0.3, 0.4) is 0 Å². The normalized spacial score (nSPS) is 31.7. The number of rotatable bonds is 3. The Balaban J connectivity index is 1.44. The average Bonchev–Trinajstić information content (AvgIpc) is 3.10. The third kappa shape index (κ3) is 2.78. The lowest BCUT2D eigenvalue weighted by atomic mass is 10.0. The van der Waals surface area contributed by atoms with Crippen molar-refractivity contribution in [3.05, 3.63) is 0 Å². The van der Waals surface area contributed by atoms with Crippen LogP contribution >= 0.6 is 0 Å². The first-order valence-electron chi connectivity index (χ1n) is 7.20. The summed E-state index contributed by atoms with van der Waals surface area (Å²) in [6.07, 6.45) is 5.41. The molecule has 0 aromatic carbocycles. The summed E-state index contributed by atoms with van der Waals surface area (Å²) in [6.45, 7) is 4.44. The summed E-state index contributed by atoms with van der Waals surface area (Å²) < 4.78 is 0. The molecule has 2 aliphatic heterocycles. The Morgan fingerprint density at radius 2 is 1.56 bits per heavy atom. The van der Waals surface area contributed by atoms with E-state index >= 15 is 0 Å². The van der Waals surface area contributed by atoms with E-state index in [2.05, 4.69) is 15.1 Å². The van der Waals surface area contributed by atoms with Gasteiger partial charge in [-0.15, -0.1) is 0 Å². The molecule has 5 nitrogen and oxygen atoms in total. The van der Waals surface area contributed by atoms with Crippen LogP contribution in [0, 0.1) is 0 Å². The van der Waals surface area contributed by atoms with Gasteiger partial charge in [0.25, 0.3) is 0 Å². The fraction of sp³-hybridized carbons (Fsp3) is 0.923. The summed E-state index contributed by atoms with van der Waals surface area (Å²) in [5.41, 5.74) is 0. The van der Waals surface area contributed by atoms with E-state index in [0.717, 1.165) is 25.6 Å². The van der Waals surface area contributed by atoms with Crippen LogP contribution in [0.2, 0.25) is 0 Å². The van der Waals surface area contributed by atoms with Crippen LogP contribution in [0.1, 0.15) is 32.1 Å². The van der Waals surface area contributed by atoms with Crippen LogP contribution in [0.15, 0.2) is 0 Å². The van der Waals surface area contributed by atoms with E-state index in [-0.39, 0.29) is 6.04 Å². The molecule has 3 rings (SSSR count). The molecule has 1 aliphatic carbocycles. The lowest BCUT2D eigenvalue weighted by molar-refractivity contribution is 0.120. The highest BCUT2D eigenvalue weighted by Crippen LogP contribution is 2.31. The van der Waals surface area contributed by atoms with Crippen LogP contribution in [0.5, 0.6) is 0 Å². The zero-order valence-corrected chi connectivity index (χ0v) is 10.8. The Hall–Kier alpha value is -0.810. The van der Waals surface area contributed by atoms with Gasteiger partial charge in [-0.3, -0.25) is 4.90 Å². The van der Waals surface area contributed by atoms with Gasteiger partial charge in [0.15, 0.2) is 0 Å². The molecule has 5 heteroatoms. The monoisotopic (exact) mass is 253 g/mol. The van der Waals surface area contributed by atoms with E-state index in [1.54, 1.807) is 0 Å². The number of hydrogen-bond acceptors (Lipinski definition) is 3. The Morgan fingerprint density at radius 1 is 0.944 bits per heavy atom. The number of hydrogen-bond donors (Lipinski definition) is 2. The fourth-order valence-electron chi connectivity index (χ4n) is 3.47. The quantitative estimate of drug-likeness (QED) is 0.786. The van der Waals surface area contributed by atoms with Gasteiger partial charge < -0.3 is 15.3 Å². The van der Waals surface area contributed by atoms with E-state index in [1.165, 1.54) is 38.8 Å². The molecule has 2 N–H and O–H groups in total. The van der Waals surface area contributed by atoms with Crippen molar-refractivity contribution in [1.82, 2.24) is 15.1 Å². The molecule has 0 unspecified atom stereocenters. The first-order chi connectivity index (χ1) is 8.72. The number of piperidine rings is 1. The second kappa shape index (κ2) is 5.05. The van der Waals surface area contributed by atoms with Gasteiger partial charge in [-0.05, 0) is 45.2 Å². The maximum Gasteiger partial charge on any atom is 0.404 e. The van der Waals surface area contributed by atoms with Crippen LogP contribution in [0.25, 0.3) is 0 Å². The third-order valence-electron chi connectivity index (χ3n) is 4.63. The van der Waals surface area contributed by atoms with Crippen molar-refractivity contribution in [3.63, 3.8) is 0 Å². The van der Waals surface area contributed by atoms with Crippen molar-refractivity contribution in [3.8, 4) is 0 Å². The summed E-state index contributed by atoms with van der Waals surface area (Å²) in [6, 6.07) is 1.72. The van der Waals surface area contributed by atoms with Gasteiger partial charge >= 0.3 is 6.09 Å². The van der Waals surface area contributed by atoms with E-state index in [4.69, 9.17) is 5.11 Å². The van der Waals surface area contributed by atoms with Crippen molar-refractivity contribution >= 4 is 6.09 Å². The number of likely N-dealkylation sites (tertiary alicyclic amines) is 2. The van der Waals surface area contributed by atoms with Crippen LogP contribution in [-0.2, 0) is 0 Å². The third-order valence-corrected chi connectivity index (χ3v) is 4.63. The molecule has 18 heavy (non-hydrogen) atoms. The maximum atomic E-state index is 10.6. The molecule has 2 saturated heterocycles. The molecule has 102 valence electrons. The van der Waals surface area contributed by atoms with Crippen LogP contribution in [0.4, 0.5) is 4.79 Å². The Morgan fingerprint density at radius 3 is 2.17 bits per heavy atom. The first kappa shape index (κ1) is 12.2. The van der Waals surface area contributed by atoms with Crippen molar-refractivity contribution in [2.24, 2.45) is 0 Å². The topological polar surface area (TPSA) is 55.8 Å². The van der Waals surface area contributed by atoms with Gasteiger partial charge in [-0.1, -0.05) is 0 Å². The zero-order chi connectivity index (χ0) is 12.5. The molecule has 2 heterocycles. The Labute approximate surface area is 108 Å². The molecule has 0 radical (unpaired) electrons. The summed E-state index contributed by atoms with van der Waals surface area (Å²) in [7, 11) is 0. The van der Waals surface area contributed by atoms with E-state index in [9.17, 15) is 4.79 Å². The maximum absolute atomic E-state index is 10.6. The summed E-state index contributed by atoms with van der Waals surface area (Å²) in [5, 5.41) is 11.3. The first-order valence-corrected chi connectivity index (χ1v) is 7.20. The summed E-state index contributed by atoms with van der Waals surface area (Å²) >= 11 is 0. The van der Waals surface area contributed by atoms with Gasteiger partial charge in [0, 0.05) is 31.2 Å². The van der Waals surface area contributed by atoms with E-state index in [1.807, 2.05) is 0 Å². The lowest BCUT2D eigenvalue weighted by Crippen LogP contribution is -2.46. The van der Waals surface area contributed by atoms with Crippen molar-refractivity contribution in [2.75, 3.05) is 26.2 Å². The van der Waals surface area contributed by atoms with Crippen molar-refractivity contribution < 1.29 is 9.90 Å². The molecule has 1 amide bonds. The van der Waals surface area contributed by atoms with Crippen LogP contribution < -0.4 is 5.32 Å². The minimum atomic E-state index is -0.884. The molecule has 0 aromatic rings. The lowest BCUT2D eigenvalue weighted by Gasteiger charge is -2.36. The standard InChI is InChI=1S/C13H23N3O2/c17-13(18)14-10-3-6-16(9-10)12-4-7-15(8-5-12)11-1-2-11/h10-12,14H,1-9H2,(H,17,18)/t10-/m0/s1. The predicted octanol–water partition coefficient (Wildman–Crippen LogP) is 0.955. The second-order valence-corrected chi connectivity index (χ2v) is 5.93. The Bertz CT molecular complexity index is 311. The smallest absolute Gasteiger partial charge is 0.404 e.